The lowest BCUT2D eigenvalue weighted by Gasteiger charge is -2.30. The van der Waals surface area contributed by atoms with Crippen LogP contribution in [0.2, 0.25) is 0 Å². The summed E-state index contributed by atoms with van der Waals surface area (Å²) < 4.78 is 0. The molecule has 1 aliphatic carbocycles. The second kappa shape index (κ2) is 7.82. The van der Waals surface area contributed by atoms with E-state index in [-0.39, 0.29) is 12.1 Å². The molecule has 0 unspecified atom stereocenters. The zero-order valence-corrected chi connectivity index (χ0v) is 14.2. The lowest BCUT2D eigenvalue weighted by Crippen LogP contribution is -2.40. The smallest absolute Gasteiger partial charge is 0.315 e. The monoisotopic (exact) mass is 315 g/mol. The molecule has 1 aromatic rings. The highest BCUT2D eigenvalue weighted by Crippen LogP contribution is 2.30. The number of benzene rings is 1. The van der Waals surface area contributed by atoms with Gasteiger partial charge in [0.1, 0.15) is 0 Å². The predicted octanol–water partition coefficient (Wildman–Crippen LogP) is 3.10. The minimum atomic E-state index is -0.0290. The van der Waals surface area contributed by atoms with Crippen molar-refractivity contribution < 1.29 is 4.79 Å². The summed E-state index contributed by atoms with van der Waals surface area (Å²) in [5.74, 6) is 0.822. The van der Waals surface area contributed by atoms with E-state index >= 15 is 0 Å². The summed E-state index contributed by atoms with van der Waals surface area (Å²) in [4.78, 5) is 14.6. The fraction of sp³-hybridized carbons (Fsp3) is 0.632. The molecule has 0 saturated carbocycles. The van der Waals surface area contributed by atoms with Crippen molar-refractivity contribution in [2.45, 2.75) is 45.1 Å². The van der Waals surface area contributed by atoms with Gasteiger partial charge in [-0.15, -0.1) is 0 Å². The molecule has 126 valence electrons. The molecule has 4 nitrogen and oxygen atoms in total. The number of aryl methyl sites for hydroxylation is 1. The Morgan fingerprint density at radius 2 is 2.17 bits per heavy atom. The van der Waals surface area contributed by atoms with Gasteiger partial charge in [-0.25, -0.2) is 4.79 Å². The number of carbonyl (C=O) groups is 1. The van der Waals surface area contributed by atoms with E-state index in [1.165, 1.54) is 37.1 Å². The topological polar surface area (TPSA) is 44.4 Å². The quantitative estimate of drug-likeness (QED) is 0.820. The number of hydrogen-bond donors (Lipinski definition) is 2. The first-order chi connectivity index (χ1) is 11.2. The number of piperidine rings is 1. The highest BCUT2D eigenvalue weighted by Gasteiger charge is 2.23. The van der Waals surface area contributed by atoms with E-state index in [2.05, 4.69) is 46.7 Å². The molecule has 0 spiro atoms. The van der Waals surface area contributed by atoms with Gasteiger partial charge in [-0.2, -0.15) is 0 Å². The summed E-state index contributed by atoms with van der Waals surface area (Å²) in [7, 11) is 0. The summed E-state index contributed by atoms with van der Waals surface area (Å²) in [6.45, 7) is 6.61. The number of amides is 2. The number of carbonyl (C=O) groups excluding carboxylic acids is 1. The van der Waals surface area contributed by atoms with Crippen LogP contribution in [-0.2, 0) is 6.42 Å². The Morgan fingerprint density at radius 1 is 1.30 bits per heavy atom. The lowest BCUT2D eigenvalue weighted by atomic mass is 10.0. The Labute approximate surface area is 139 Å². The van der Waals surface area contributed by atoms with Crippen LogP contribution in [0, 0.1) is 5.92 Å². The maximum Gasteiger partial charge on any atom is 0.315 e. The normalized spacial score (nSPS) is 24.2. The van der Waals surface area contributed by atoms with Crippen molar-refractivity contribution in [3.05, 3.63) is 35.4 Å². The van der Waals surface area contributed by atoms with Crippen molar-refractivity contribution in [1.82, 2.24) is 15.5 Å². The van der Waals surface area contributed by atoms with Gasteiger partial charge in [0.15, 0.2) is 0 Å². The largest absolute Gasteiger partial charge is 0.338 e. The second-order valence-electron chi connectivity index (χ2n) is 7.09. The Kier molecular flexibility index (Phi) is 5.55. The summed E-state index contributed by atoms with van der Waals surface area (Å²) in [6, 6.07) is 8.56. The molecule has 2 amide bonds. The van der Waals surface area contributed by atoms with Crippen LogP contribution in [0.5, 0.6) is 0 Å². The molecule has 1 aromatic carbocycles. The van der Waals surface area contributed by atoms with Gasteiger partial charge in [-0.3, -0.25) is 0 Å². The van der Waals surface area contributed by atoms with E-state index < -0.39 is 0 Å². The van der Waals surface area contributed by atoms with Crippen LogP contribution in [0.3, 0.4) is 0 Å². The fourth-order valence-electron chi connectivity index (χ4n) is 3.91. The molecule has 1 saturated heterocycles. The first-order valence-corrected chi connectivity index (χ1v) is 9.07. The van der Waals surface area contributed by atoms with Crippen molar-refractivity contribution in [3.63, 3.8) is 0 Å². The van der Waals surface area contributed by atoms with Crippen LogP contribution in [0.15, 0.2) is 24.3 Å². The Bertz CT molecular complexity index is 531. The zero-order valence-electron chi connectivity index (χ0n) is 14.2. The number of hydrogen-bond acceptors (Lipinski definition) is 2. The van der Waals surface area contributed by atoms with Crippen LogP contribution < -0.4 is 10.6 Å². The van der Waals surface area contributed by atoms with E-state index in [9.17, 15) is 4.79 Å². The summed E-state index contributed by atoms with van der Waals surface area (Å²) in [5.41, 5.74) is 2.65. The van der Waals surface area contributed by atoms with Gasteiger partial charge < -0.3 is 15.5 Å². The maximum atomic E-state index is 12.1. The summed E-state index contributed by atoms with van der Waals surface area (Å²) >= 11 is 0. The maximum absolute atomic E-state index is 12.1. The molecule has 1 fully saturated rings. The van der Waals surface area contributed by atoms with Gasteiger partial charge in [0, 0.05) is 13.1 Å². The molecule has 23 heavy (non-hydrogen) atoms. The van der Waals surface area contributed by atoms with Gasteiger partial charge >= 0.3 is 6.03 Å². The van der Waals surface area contributed by atoms with E-state index in [4.69, 9.17) is 0 Å². The van der Waals surface area contributed by atoms with Gasteiger partial charge in [0.2, 0.25) is 0 Å². The van der Waals surface area contributed by atoms with E-state index in [1.807, 2.05) is 0 Å². The molecule has 2 atom stereocenters. The first kappa shape index (κ1) is 16.3. The van der Waals surface area contributed by atoms with Crippen molar-refractivity contribution in [2.75, 3.05) is 26.2 Å². The highest BCUT2D eigenvalue weighted by atomic mass is 16.2. The van der Waals surface area contributed by atoms with Crippen molar-refractivity contribution in [3.8, 4) is 0 Å². The minimum Gasteiger partial charge on any atom is -0.338 e. The number of rotatable bonds is 5. The molecule has 1 heterocycles. The van der Waals surface area contributed by atoms with E-state index in [0.717, 1.165) is 38.3 Å². The molecule has 2 aliphatic rings. The summed E-state index contributed by atoms with van der Waals surface area (Å²) in [5, 5.41) is 6.13. The van der Waals surface area contributed by atoms with Crippen molar-refractivity contribution >= 4 is 6.03 Å². The molecular weight excluding hydrogens is 286 g/mol. The minimum absolute atomic E-state index is 0.0290. The van der Waals surface area contributed by atoms with Gasteiger partial charge in [-0.1, -0.05) is 31.2 Å². The van der Waals surface area contributed by atoms with Gasteiger partial charge in [-0.05, 0) is 62.2 Å². The van der Waals surface area contributed by atoms with Crippen LogP contribution >= 0.6 is 0 Å². The Hall–Kier alpha value is -1.55. The molecule has 4 heteroatoms. The molecular formula is C19H29N3O. The van der Waals surface area contributed by atoms with Crippen LogP contribution in [0.1, 0.15) is 49.8 Å². The molecule has 0 aromatic heterocycles. The van der Waals surface area contributed by atoms with Crippen molar-refractivity contribution in [2.24, 2.45) is 5.92 Å². The van der Waals surface area contributed by atoms with E-state index in [1.54, 1.807) is 0 Å². The highest BCUT2D eigenvalue weighted by molar-refractivity contribution is 5.74. The molecule has 3 rings (SSSR count). The van der Waals surface area contributed by atoms with Gasteiger partial charge in [0.25, 0.3) is 0 Å². The number of fused-ring (bicyclic) bond motifs is 1. The van der Waals surface area contributed by atoms with Crippen molar-refractivity contribution in [1.29, 1.82) is 0 Å². The SMILES string of the molecule is C[C@@H]1CCCN(CCCNC(=O)N[C@@H]2CCc3ccccc32)C1. The Morgan fingerprint density at radius 3 is 3.04 bits per heavy atom. The third-order valence-electron chi connectivity index (χ3n) is 5.12. The zero-order chi connectivity index (χ0) is 16.1. The Balaban J connectivity index is 1.34. The molecule has 2 N–H and O–H groups in total. The third-order valence-corrected chi connectivity index (χ3v) is 5.12. The van der Waals surface area contributed by atoms with Gasteiger partial charge in [0.05, 0.1) is 6.04 Å². The van der Waals surface area contributed by atoms with E-state index in [0.29, 0.717) is 0 Å². The number of urea groups is 1. The summed E-state index contributed by atoms with van der Waals surface area (Å²) in [6.07, 6.45) is 5.78. The lowest BCUT2D eigenvalue weighted by molar-refractivity contribution is 0.181. The molecule has 1 aliphatic heterocycles. The predicted molar refractivity (Wildman–Crippen MR) is 93.5 cm³/mol. The van der Waals surface area contributed by atoms with Crippen LogP contribution in [-0.4, -0.2) is 37.1 Å². The third kappa shape index (κ3) is 4.47. The first-order valence-electron chi connectivity index (χ1n) is 9.07. The number of nitrogens with zero attached hydrogens (tertiary/aromatic N) is 1. The number of nitrogens with one attached hydrogen (secondary N) is 2. The average Bonchev–Trinajstić information content (AvgIpc) is 2.95. The fourth-order valence-corrected chi connectivity index (χ4v) is 3.91. The average molecular weight is 315 g/mol. The number of likely N-dealkylation sites (tertiary alicyclic amines) is 1. The standard InChI is InChI=1S/C19H29N3O/c1-15-6-4-12-22(14-15)13-5-11-20-19(23)21-18-10-9-16-7-2-3-8-17(16)18/h2-3,7-8,15,18H,4-6,9-14H2,1H3,(H2,20,21,23)/t15-,18-/m1/s1. The molecule has 0 bridgehead atoms. The molecule has 0 radical (unpaired) electrons. The van der Waals surface area contributed by atoms with Crippen LogP contribution in [0.25, 0.3) is 0 Å². The second-order valence-corrected chi connectivity index (χ2v) is 7.09. The van der Waals surface area contributed by atoms with Crippen LogP contribution in [0.4, 0.5) is 4.79 Å².